The molecule has 3 heterocycles. The number of carboxylic acids is 1. The van der Waals surface area contributed by atoms with Gasteiger partial charge in [-0.05, 0) is 34.9 Å². The first-order valence-corrected chi connectivity index (χ1v) is 14.9. The maximum Gasteiger partial charge on any atom is 0.304 e. The molecule has 9 heteroatoms. The fourth-order valence-electron chi connectivity index (χ4n) is 5.80. The van der Waals surface area contributed by atoms with Crippen molar-refractivity contribution in [3.05, 3.63) is 113 Å². The van der Waals surface area contributed by atoms with Crippen molar-refractivity contribution in [2.45, 2.75) is 25.6 Å². The van der Waals surface area contributed by atoms with E-state index in [1.807, 2.05) is 79.8 Å². The van der Waals surface area contributed by atoms with Crippen LogP contribution in [-0.4, -0.2) is 66.6 Å². The molecule has 2 aliphatic heterocycles. The molecule has 0 spiro atoms. The number of pyridine rings is 1. The quantitative estimate of drug-likeness (QED) is 0.262. The van der Waals surface area contributed by atoms with E-state index in [2.05, 4.69) is 21.9 Å². The van der Waals surface area contributed by atoms with Gasteiger partial charge in [-0.25, -0.2) is 0 Å². The Hall–Kier alpha value is -4.89. The van der Waals surface area contributed by atoms with Crippen LogP contribution in [0, 0.1) is 0 Å². The van der Waals surface area contributed by atoms with Crippen LogP contribution in [0.3, 0.4) is 0 Å². The number of carbonyl (C=O) groups is 2. The fourth-order valence-corrected chi connectivity index (χ4v) is 5.80. The van der Waals surface area contributed by atoms with Crippen molar-refractivity contribution < 1.29 is 24.2 Å². The summed E-state index contributed by atoms with van der Waals surface area (Å²) in [6.07, 6.45) is 0.152. The van der Waals surface area contributed by atoms with Crippen molar-refractivity contribution in [1.29, 1.82) is 0 Å². The summed E-state index contributed by atoms with van der Waals surface area (Å²) in [6, 6.07) is 29.7. The van der Waals surface area contributed by atoms with E-state index in [9.17, 15) is 9.59 Å². The van der Waals surface area contributed by atoms with Crippen LogP contribution in [0.4, 0.5) is 11.4 Å². The zero-order chi connectivity index (χ0) is 30.5. The molecule has 0 saturated carbocycles. The van der Waals surface area contributed by atoms with Gasteiger partial charge in [-0.3, -0.25) is 14.5 Å². The van der Waals surface area contributed by atoms with E-state index >= 15 is 0 Å². The van der Waals surface area contributed by atoms with Gasteiger partial charge in [-0.1, -0.05) is 66.7 Å². The average Bonchev–Trinajstić information content (AvgIpc) is 3.31. The van der Waals surface area contributed by atoms with E-state index in [1.54, 1.807) is 11.0 Å². The molecule has 6 rings (SSSR count). The van der Waals surface area contributed by atoms with E-state index in [0.717, 1.165) is 54.2 Å². The zero-order valence-electron chi connectivity index (χ0n) is 24.8. The molecule has 1 amide bonds. The number of likely N-dealkylation sites (N-methyl/N-ethyl adjacent to an activating group) is 1. The van der Waals surface area contributed by atoms with Crippen molar-refractivity contribution >= 4 is 23.3 Å². The van der Waals surface area contributed by atoms with Crippen LogP contribution < -0.4 is 19.3 Å². The van der Waals surface area contributed by atoms with Gasteiger partial charge in [0.25, 0.3) is 0 Å². The molecule has 1 saturated heterocycles. The molecule has 2 aliphatic rings. The lowest BCUT2D eigenvalue weighted by molar-refractivity contribution is -0.137. The number of hydrogen-bond acceptors (Lipinski definition) is 7. The number of anilines is 2. The van der Waals surface area contributed by atoms with Gasteiger partial charge < -0.3 is 24.4 Å². The number of amides is 1. The monoisotopic (exact) mass is 592 g/mol. The number of ether oxygens (including phenoxy) is 2. The lowest BCUT2D eigenvalue weighted by Gasteiger charge is -2.36. The molecule has 1 aromatic heterocycles. The van der Waals surface area contributed by atoms with Crippen molar-refractivity contribution in [3.8, 4) is 11.8 Å². The standard InChI is InChI=1S/C35H36N4O5/c1-37-30-22-27(39-20-18-38(19-21-39)17-16-32(40)41)12-13-28(30)33(35(37)42)29-14-15-31(43-23-25-8-4-2-5-9-25)36-34(29)44-24-26-10-6-3-7-11-26/h2-15,22,33H,16-21,23-24H2,1H3,(H,40,41)/t33-/m1/s1. The van der Waals surface area contributed by atoms with Gasteiger partial charge >= 0.3 is 5.97 Å². The second-order valence-electron chi connectivity index (χ2n) is 11.1. The summed E-state index contributed by atoms with van der Waals surface area (Å²) in [4.78, 5) is 35.7. The van der Waals surface area contributed by atoms with Crippen molar-refractivity contribution in [3.63, 3.8) is 0 Å². The minimum atomic E-state index is -0.772. The fraction of sp³-hybridized carbons (Fsp3) is 0.286. The average molecular weight is 593 g/mol. The first-order valence-electron chi connectivity index (χ1n) is 14.9. The molecule has 226 valence electrons. The second-order valence-corrected chi connectivity index (χ2v) is 11.1. The van der Waals surface area contributed by atoms with E-state index in [4.69, 9.17) is 19.6 Å². The molecule has 0 bridgehead atoms. The van der Waals surface area contributed by atoms with Gasteiger partial charge in [0.05, 0.1) is 12.3 Å². The van der Waals surface area contributed by atoms with Crippen LogP contribution in [0.15, 0.2) is 91.0 Å². The minimum absolute atomic E-state index is 0.0417. The zero-order valence-corrected chi connectivity index (χ0v) is 24.8. The Balaban J connectivity index is 1.24. The Morgan fingerprint density at radius 1 is 0.841 bits per heavy atom. The van der Waals surface area contributed by atoms with Gasteiger partial charge in [-0.2, -0.15) is 4.98 Å². The molecule has 1 atom stereocenters. The summed E-state index contributed by atoms with van der Waals surface area (Å²) in [5.74, 6) is -0.567. The second kappa shape index (κ2) is 13.2. The molecular weight excluding hydrogens is 556 g/mol. The number of carbonyl (C=O) groups excluding carboxylic acids is 1. The number of aliphatic carboxylic acids is 1. The Bertz CT molecular complexity index is 1610. The molecule has 0 radical (unpaired) electrons. The third kappa shape index (κ3) is 6.53. The number of aromatic nitrogens is 1. The molecular formula is C35H36N4O5. The van der Waals surface area contributed by atoms with Crippen molar-refractivity contribution in [1.82, 2.24) is 9.88 Å². The number of benzene rings is 3. The summed E-state index contributed by atoms with van der Waals surface area (Å²) in [5, 5.41) is 9.01. The molecule has 0 unspecified atom stereocenters. The van der Waals surface area contributed by atoms with Crippen molar-refractivity contribution in [2.24, 2.45) is 0 Å². The maximum absolute atomic E-state index is 13.8. The van der Waals surface area contributed by atoms with Crippen LogP contribution in [-0.2, 0) is 22.8 Å². The van der Waals surface area contributed by atoms with Crippen LogP contribution in [0.2, 0.25) is 0 Å². The molecule has 3 aromatic carbocycles. The summed E-state index contributed by atoms with van der Waals surface area (Å²) in [5.41, 5.74) is 5.55. The third-order valence-corrected chi connectivity index (χ3v) is 8.27. The van der Waals surface area contributed by atoms with Crippen molar-refractivity contribution in [2.75, 3.05) is 49.6 Å². The number of rotatable bonds is 11. The minimum Gasteiger partial charge on any atom is -0.481 e. The van der Waals surface area contributed by atoms with Gasteiger partial charge in [0.15, 0.2) is 0 Å². The molecule has 1 N–H and O–H groups in total. The van der Waals surface area contributed by atoms with Gasteiger partial charge in [-0.15, -0.1) is 0 Å². The lowest BCUT2D eigenvalue weighted by atomic mass is 9.93. The third-order valence-electron chi connectivity index (χ3n) is 8.27. The summed E-state index contributed by atoms with van der Waals surface area (Å²) in [6.45, 7) is 4.43. The normalized spacial score (nSPS) is 16.6. The summed E-state index contributed by atoms with van der Waals surface area (Å²) in [7, 11) is 1.81. The summed E-state index contributed by atoms with van der Waals surface area (Å²) >= 11 is 0. The SMILES string of the molecule is CN1C(=O)[C@@H](c2ccc(OCc3ccccc3)nc2OCc2ccccc2)c2ccc(N3CCN(CCC(=O)O)CC3)cc21. The number of nitrogens with zero attached hydrogens (tertiary/aromatic N) is 4. The van der Waals surface area contributed by atoms with E-state index in [0.29, 0.717) is 37.1 Å². The van der Waals surface area contributed by atoms with Crippen LogP contribution in [0.5, 0.6) is 11.8 Å². The number of fused-ring (bicyclic) bond motifs is 1. The molecule has 44 heavy (non-hydrogen) atoms. The van der Waals surface area contributed by atoms with Crippen LogP contribution >= 0.6 is 0 Å². The lowest BCUT2D eigenvalue weighted by Crippen LogP contribution is -2.46. The molecule has 1 fully saturated rings. The topological polar surface area (TPSA) is 95.4 Å². The highest BCUT2D eigenvalue weighted by molar-refractivity contribution is 6.07. The highest BCUT2D eigenvalue weighted by Crippen LogP contribution is 2.45. The largest absolute Gasteiger partial charge is 0.481 e. The number of carboxylic acid groups (broad SMARTS) is 1. The van der Waals surface area contributed by atoms with E-state index in [-0.39, 0.29) is 12.3 Å². The Labute approximate surface area is 257 Å². The highest BCUT2D eigenvalue weighted by atomic mass is 16.5. The smallest absolute Gasteiger partial charge is 0.304 e. The first-order chi connectivity index (χ1) is 21.5. The Kier molecular flexibility index (Phi) is 8.74. The Morgan fingerprint density at radius 3 is 2.14 bits per heavy atom. The summed E-state index contributed by atoms with van der Waals surface area (Å²) < 4.78 is 12.3. The first kappa shape index (κ1) is 29.2. The number of piperazine rings is 1. The Morgan fingerprint density at radius 2 is 1.48 bits per heavy atom. The van der Waals surface area contributed by atoms with Gasteiger partial charge in [0.2, 0.25) is 17.7 Å². The van der Waals surface area contributed by atoms with Crippen LogP contribution in [0.25, 0.3) is 0 Å². The molecule has 4 aromatic rings. The highest BCUT2D eigenvalue weighted by Gasteiger charge is 2.39. The predicted molar refractivity (Wildman–Crippen MR) is 168 cm³/mol. The van der Waals surface area contributed by atoms with Gasteiger partial charge in [0.1, 0.15) is 13.2 Å². The van der Waals surface area contributed by atoms with E-state index in [1.165, 1.54) is 0 Å². The van der Waals surface area contributed by atoms with E-state index < -0.39 is 11.9 Å². The molecule has 9 nitrogen and oxygen atoms in total. The van der Waals surface area contributed by atoms with Gasteiger partial charge in [0, 0.05) is 62.8 Å². The molecule has 0 aliphatic carbocycles. The predicted octanol–water partition coefficient (Wildman–Crippen LogP) is 4.94. The number of hydrogen-bond donors (Lipinski definition) is 1. The maximum atomic E-state index is 13.8. The van der Waals surface area contributed by atoms with Crippen LogP contribution in [0.1, 0.15) is 34.6 Å².